The average Bonchev–Trinajstić information content (AvgIpc) is 2.77. The molecule has 0 aromatic heterocycles. The van der Waals surface area contributed by atoms with E-state index in [1.165, 1.54) is 0 Å². The molecule has 2 aliphatic heterocycles. The summed E-state index contributed by atoms with van der Waals surface area (Å²) in [6, 6.07) is 0.318. The van der Waals surface area contributed by atoms with Gasteiger partial charge in [0.15, 0.2) is 0 Å². The van der Waals surface area contributed by atoms with Crippen LogP contribution in [0.3, 0.4) is 0 Å². The molecule has 3 N–H and O–H groups in total. The van der Waals surface area contributed by atoms with Gasteiger partial charge in [-0.1, -0.05) is 20.8 Å². The second-order valence-electron chi connectivity index (χ2n) is 7.56. The predicted molar refractivity (Wildman–Crippen MR) is 83.6 cm³/mol. The van der Waals surface area contributed by atoms with Crippen LogP contribution in [0, 0.1) is 5.41 Å². The Morgan fingerprint density at radius 3 is 2.59 bits per heavy atom. The molecule has 2 aliphatic rings. The molecule has 22 heavy (non-hydrogen) atoms. The summed E-state index contributed by atoms with van der Waals surface area (Å²) in [6.45, 7) is 8.48. The van der Waals surface area contributed by atoms with Gasteiger partial charge in [0.25, 0.3) is 0 Å². The Morgan fingerprint density at radius 1 is 1.27 bits per heavy atom. The average molecular weight is 314 g/mol. The fourth-order valence-electron chi connectivity index (χ4n) is 2.94. The molecule has 0 aliphatic carbocycles. The number of hydrogen-bond donors (Lipinski definition) is 3. The molecule has 0 bridgehead atoms. The number of aliphatic hydroxyl groups excluding tert-OH is 1. The highest BCUT2D eigenvalue weighted by molar-refractivity contribution is 5.76. The zero-order valence-electron chi connectivity index (χ0n) is 13.9. The first kappa shape index (κ1) is 17.7. The van der Waals surface area contributed by atoms with Crippen molar-refractivity contribution >= 4 is 5.91 Å². The van der Waals surface area contributed by atoms with Gasteiger partial charge in [-0.05, 0) is 18.3 Å². The van der Waals surface area contributed by atoms with E-state index in [2.05, 4.69) is 10.6 Å². The smallest absolute Gasteiger partial charge is 0.220 e. The summed E-state index contributed by atoms with van der Waals surface area (Å²) in [7, 11) is 0. The van der Waals surface area contributed by atoms with Crippen molar-refractivity contribution in [1.82, 2.24) is 10.6 Å². The second kappa shape index (κ2) is 7.73. The van der Waals surface area contributed by atoms with Gasteiger partial charge in [0.2, 0.25) is 5.91 Å². The molecule has 6 heteroatoms. The fraction of sp³-hybridized carbons (Fsp3) is 0.938. The molecule has 0 saturated carbocycles. The Labute approximate surface area is 132 Å². The van der Waals surface area contributed by atoms with Gasteiger partial charge in [0, 0.05) is 32.2 Å². The van der Waals surface area contributed by atoms with Gasteiger partial charge in [0.05, 0.1) is 18.8 Å². The van der Waals surface area contributed by atoms with Crippen molar-refractivity contribution in [3.8, 4) is 0 Å². The molecule has 0 radical (unpaired) electrons. The topological polar surface area (TPSA) is 79.8 Å². The van der Waals surface area contributed by atoms with Gasteiger partial charge in [-0.3, -0.25) is 4.79 Å². The van der Waals surface area contributed by atoms with Crippen LogP contribution in [0.15, 0.2) is 0 Å². The maximum absolute atomic E-state index is 11.8. The first-order chi connectivity index (χ1) is 10.3. The van der Waals surface area contributed by atoms with Crippen molar-refractivity contribution in [3.05, 3.63) is 0 Å². The summed E-state index contributed by atoms with van der Waals surface area (Å²) in [4.78, 5) is 11.8. The van der Waals surface area contributed by atoms with E-state index in [4.69, 9.17) is 9.47 Å². The van der Waals surface area contributed by atoms with E-state index >= 15 is 0 Å². The zero-order valence-corrected chi connectivity index (χ0v) is 13.9. The molecule has 0 aromatic carbocycles. The molecule has 0 aromatic rings. The first-order valence-corrected chi connectivity index (χ1v) is 8.25. The maximum Gasteiger partial charge on any atom is 0.220 e. The standard InChI is InChI=1S/C16H30N2O4/c1-16(2,3)8-14(19)17-9-13-15(20)12(10-22-13)18-11-4-6-21-7-5-11/h11-13,15,18,20H,4-10H2,1-3H3,(H,17,19)/t12-,13-,15+/m1/s1. The molecule has 3 atom stereocenters. The highest BCUT2D eigenvalue weighted by Gasteiger charge is 2.37. The lowest BCUT2D eigenvalue weighted by atomic mass is 9.92. The van der Waals surface area contributed by atoms with Crippen LogP contribution < -0.4 is 10.6 Å². The molecule has 6 nitrogen and oxygen atoms in total. The third kappa shape index (κ3) is 5.50. The van der Waals surface area contributed by atoms with Crippen LogP contribution in [0.2, 0.25) is 0 Å². The minimum Gasteiger partial charge on any atom is -0.389 e. The summed E-state index contributed by atoms with van der Waals surface area (Å²) in [5.41, 5.74) is -0.0353. The fourth-order valence-corrected chi connectivity index (χ4v) is 2.94. The monoisotopic (exact) mass is 314 g/mol. The Balaban J connectivity index is 1.71. The van der Waals surface area contributed by atoms with Crippen LogP contribution in [-0.2, 0) is 14.3 Å². The number of rotatable bonds is 5. The maximum atomic E-state index is 11.8. The van der Waals surface area contributed by atoms with Crippen molar-refractivity contribution < 1.29 is 19.4 Å². The van der Waals surface area contributed by atoms with Crippen LogP contribution in [0.4, 0.5) is 0 Å². The minimum atomic E-state index is -0.585. The van der Waals surface area contributed by atoms with Crippen LogP contribution in [0.25, 0.3) is 0 Å². The van der Waals surface area contributed by atoms with E-state index in [1.807, 2.05) is 20.8 Å². The number of aliphatic hydroxyl groups is 1. The number of carbonyl (C=O) groups excluding carboxylic acids is 1. The van der Waals surface area contributed by atoms with Crippen LogP contribution in [0.5, 0.6) is 0 Å². The van der Waals surface area contributed by atoms with E-state index < -0.39 is 6.10 Å². The quantitative estimate of drug-likeness (QED) is 0.686. The lowest BCUT2D eigenvalue weighted by Crippen LogP contribution is -2.49. The van der Waals surface area contributed by atoms with Crippen molar-refractivity contribution in [2.75, 3.05) is 26.4 Å². The summed E-state index contributed by atoms with van der Waals surface area (Å²) in [6.07, 6.45) is 1.49. The van der Waals surface area contributed by atoms with Gasteiger partial charge < -0.3 is 25.2 Å². The highest BCUT2D eigenvalue weighted by Crippen LogP contribution is 2.19. The van der Waals surface area contributed by atoms with E-state index in [0.29, 0.717) is 25.6 Å². The molecule has 0 spiro atoms. The van der Waals surface area contributed by atoms with E-state index in [0.717, 1.165) is 26.1 Å². The van der Waals surface area contributed by atoms with Crippen LogP contribution >= 0.6 is 0 Å². The highest BCUT2D eigenvalue weighted by atomic mass is 16.5. The number of ether oxygens (including phenoxy) is 2. The normalized spacial score (nSPS) is 30.5. The Morgan fingerprint density at radius 2 is 1.95 bits per heavy atom. The van der Waals surface area contributed by atoms with Crippen molar-refractivity contribution in [3.63, 3.8) is 0 Å². The van der Waals surface area contributed by atoms with Gasteiger partial charge >= 0.3 is 0 Å². The summed E-state index contributed by atoms with van der Waals surface area (Å²) < 4.78 is 11.0. The summed E-state index contributed by atoms with van der Waals surface area (Å²) in [5, 5.41) is 16.7. The number of carbonyl (C=O) groups is 1. The van der Waals surface area contributed by atoms with Gasteiger partial charge in [-0.25, -0.2) is 0 Å². The van der Waals surface area contributed by atoms with Crippen molar-refractivity contribution in [2.24, 2.45) is 5.41 Å². The van der Waals surface area contributed by atoms with Gasteiger partial charge in [-0.2, -0.15) is 0 Å². The molecule has 2 fully saturated rings. The van der Waals surface area contributed by atoms with Gasteiger partial charge in [0.1, 0.15) is 6.10 Å². The Kier molecular flexibility index (Phi) is 6.20. The number of hydrogen-bond acceptors (Lipinski definition) is 5. The molecular formula is C16H30N2O4. The van der Waals surface area contributed by atoms with E-state index in [9.17, 15) is 9.90 Å². The molecule has 2 rings (SSSR count). The van der Waals surface area contributed by atoms with Gasteiger partial charge in [-0.15, -0.1) is 0 Å². The van der Waals surface area contributed by atoms with Crippen molar-refractivity contribution in [2.45, 2.75) is 64.3 Å². The lowest BCUT2D eigenvalue weighted by Gasteiger charge is -2.28. The second-order valence-corrected chi connectivity index (χ2v) is 7.56. The lowest BCUT2D eigenvalue weighted by molar-refractivity contribution is -0.123. The summed E-state index contributed by atoms with van der Waals surface area (Å²) >= 11 is 0. The number of amides is 1. The molecule has 2 saturated heterocycles. The molecular weight excluding hydrogens is 284 g/mol. The van der Waals surface area contributed by atoms with Crippen molar-refractivity contribution in [1.29, 1.82) is 0 Å². The number of nitrogens with one attached hydrogen (secondary N) is 2. The van der Waals surface area contributed by atoms with Crippen LogP contribution in [-0.4, -0.2) is 61.7 Å². The predicted octanol–water partition coefficient (Wildman–Crippen LogP) is 0.436. The third-order valence-corrected chi connectivity index (χ3v) is 4.15. The van der Waals surface area contributed by atoms with E-state index in [-0.39, 0.29) is 23.5 Å². The van der Waals surface area contributed by atoms with E-state index in [1.54, 1.807) is 0 Å². The Bertz CT molecular complexity index is 364. The Hall–Kier alpha value is -0.690. The zero-order chi connectivity index (χ0) is 16.2. The molecule has 128 valence electrons. The molecule has 2 heterocycles. The summed E-state index contributed by atoms with van der Waals surface area (Å²) in [5.74, 6) is 0.00383. The minimum absolute atomic E-state index is 0.00383. The largest absolute Gasteiger partial charge is 0.389 e. The SMILES string of the molecule is CC(C)(C)CC(=O)NC[C@H]1OC[C@@H](NC2CCOCC2)[C@@H]1O. The van der Waals surface area contributed by atoms with Crippen LogP contribution in [0.1, 0.15) is 40.0 Å². The molecule has 0 unspecified atom stereocenters. The third-order valence-electron chi connectivity index (χ3n) is 4.15. The molecule has 1 amide bonds. The first-order valence-electron chi connectivity index (χ1n) is 8.25.